The Labute approximate surface area is 129 Å². The first-order chi connectivity index (χ1) is 10.0. The fourth-order valence-corrected chi connectivity index (χ4v) is 2.29. The summed E-state index contributed by atoms with van der Waals surface area (Å²) in [4.78, 5) is 13.8. The maximum absolute atomic E-state index is 12.2. The van der Waals surface area contributed by atoms with Gasteiger partial charge in [0.05, 0.1) is 17.7 Å². The van der Waals surface area contributed by atoms with Crippen molar-refractivity contribution in [1.82, 2.24) is 4.90 Å². The molecule has 1 aliphatic carbocycles. The fraction of sp³-hybridized carbons (Fsp3) is 0.533. The van der Waals surface area contributed by atoms with Crippen molar-refractivity contribution in [1.29, 1.82) is 0 Å². The summed E-state index contributed by atoms with van der Waals surface area (Å²) in [5, 5.41) is 12.3. The third-order valence-electron chi connectivity index (χ3n) is 3.14. The number of hydrogen-bond donors (Lipinski definition) is 2. The summed E-state index contributed by atoms with van der Waals surface area (Å²) in [6.07, 6.45) is 2.03. The van der Waals surface area contributed by atoms with Gasteiger partial charge in [-0.05, 0) is 44.9 Å². The number of carbonyl (C=O) groups is 1. The first kappa shape index (κ1) is 15.9. The van der Waals surface area contributed by atoms with Gasteiger partial charge in [0.15, 0.2) is 0 Å². The SMILES string of the molecule is CC(C)Oc1ccc(NC(=O)N(CCO)C2CC2)cc1Cl. The van der Waals surface area contributed by atoms with E-state index in [1.807, 2.05) is 13.8 Å². The van der Waals surface area contributed by atoms with Crippen LogP contribution in [0.4, 0.5) is 10.5 Å². The third-order valence-corrected chi connectivity index (χ3v) is 3.43. The van der Waals surface area contributed by atoms with Crippen molar-refractivity contribution in [3.63, 3.8) is 0 Å². The topological polar surface area (TPSA) is 61.8 Å². The molecule has 2 amide bonds. The first-order valence-corrected chi connectivity index (χ1v) is 7.53. The molecule has 21 heavy (non-hydrogen) atoms. The van der Waals surface area contributed by atoms with E-state index in [2.05, 4.69) is 5.32 Å². The van der Waals surface area contributed by atoms with Crippen LogP contribution in [0.2, 0.25) is 5.02 Å². The van der Waals surface area contributed by atoms with Crippen molar-refractivity contribution in [2.45, 2.75) is 38.8 Å². The Hall–Kier alpha value is -1.46. The lowest BCUT2D eigenvalue weighted by molar-refractivity contribution is 0.185. The second-order valence-corrected chi connectivity index (χ2v) is 5.80. The number of ether oxygens (including phenoxy) is 1. The lowest BCUT2D eigenvalue weighted by Gasteiger charge is -2.22. The quantitative estimate of drug-likeness (QED) is 0.848. The minimum absolute atomic E-state index is 0.0359. The molecule has 0 saturated heterocycles. The molecule has 0 heterocycles. The lowest BCUT2D eigenvalue weighted by atomic mass is 10.3. The minimum Gasteiger partial charge on any atom is -0.489 e. The van der Waals surface area contributed by atoms with Crippen molar-refractivity contribution in [2.24, 2.45) is 0 Å². The number of carbonyl (C=O) groups excluding carboxylic acids is 1. The van der Waals surface area contributed by atoms with Gasteiger partial charge in [-0.1, -0.05) is 11.6 Å². The summed E-state index contributed by atoms with van der Waals surface area (Å²) >= 11 is 6.14. The lowest BCUT2D eigenvalue weighted by Crippen LogP contribution is -2.38. The molecular formula is C15H21ClN2O3. The highest BCUT2D eigenvalue weighted by Gasteiger charge is 2.32. The summed E-state index contributed by atoms with van der Waals surface area (Å²) in [6, 6.07) is 5.20. The van der Waals surface area contributed by atoms with Crippen molar-refractivity contribution in [3.8, 4) is 5.75 Å². The Morgan fingerprint density at radius 2 is 2.24 bits per heavy atom. The molecule has 1 aromatic carbocycles. The van der Waals surface area contributed by atoms with Gasteiger partial charge in [0.25, 0.3) is 0 Å². The average molecular weight is 313 g/mol. The number of rotatable bonds is 6. The number of aliphatic hydroxyl groups excluding tert-OH is 1. The van der Waals surface area contributed by atoms with E-state index >= 15 is 0 Å². The smallest absolute Gasteiger partial charge is 0.322 e. The molecule has 1 aliphatic rings. The highest BCUT2D eigenvalue weighted by Crippen LogP contribution is 2.30. The normalized spacial score (nSPS) is 14.1. The molecule has 0 unspecified atom stereocenters. The Bertz CT molecular complexity index is 504. The minimum atomic E-state index is -0.208. The molecule has 6 heteroatoms. The second kappa shape index (κ2) is 7.00. The van der Waals surface area contributed by atoms with E-state index in [4.69, 9.17) is 21.4 Å². The molecule has 0 aromatic heterocycles. The van der Waals surface area contributed by atoms with Crippen LogP contribution < -0.4 is 10.1 Å². The molecule has 1 aromatic rings. The fourth-order valence-electron chi connectivity index (χ4n) is 2.07. The standard InChI is InChI=1S/C15H21ClN2O3/c1-10(2)21-14-6-3-11(9-13(14)16)17-15(20)18(7-8-19)12-4-5-12/h3,6,9-10,12,19H,4-5,7-8H2,1-2H3,(H,17,20). The predicted molar refractivity (Wildman–Crippen MR) is 83.0 cm³/mol. The van der Waals surface area contributed by atoms with Gasteiger partial charge in [-0.25, -0.2) is 4.79 Å². The highest BCUT2D eigenvalue weighted by atomic mass is 35.5. The second-order valence-electron chi connectivity index (χ2n) is 5.39. The number of nitrogens with zero attached hydrogens (tertiary/aromatic N) is 1. The summed E-state index contributed by atoms with van der Waals surface area (Å²) in [7, 11) is 0. The van der Waals surface area contributed by atoms with Crippen LogP contribution in [0.1, 0.15) is 26.7 Å². The summed E-state index contributed by atoms with van der Waals surface area (Å²) in [5.41, 5.74) is 0.615. The van der Waals surface area contributed by atoms with Gasteiger partial charge in [0.2, 0.25) is 0 Å². The molecule has 1 saturated carbocycles. The molecule has 1 fully saturated rings. The molecule has 0 bridgehead atoms. The monoisotopic (exact) mass is 312 g/mol. The van der Waals surface area contributed by atoms with E-state index < -0.39 is 0 Å². The molecule has 0 spiro atoms. The largest absolute Gasteiger partial charge is 0.489 e. The zero-order valence-electron chi connectivity index (χ0n) is 12.3. The third kappa shape index (κ3) is 4.51. The van der Waals surface area contributed by atoms with Crippen LogP contribution in [0.15, 0.2) is 18.2 Å². The van der Waals surface area contributed by atoms with Gasteiger partial charge >= 0.3 is 6.03 Å². The molecule has 2 N–H and O–H groups in total. The molecule has 0 atom stereocenters. The van der Waals surface area contributed by atoms with E-state index in [1.54, 1.807) is 23.1 Å². The Kier molecular flexibility index (Phi) is 5.31. The highest BCUT2D eigenvalue weighted by molar-refractivity contribution is 6.32. The Morgan fingerprint density at radius 1 is 1.52 bits per heavy atom. The van der Waals surface area contributed by atoms with Gasteiger partial charge < -0.3 is 20.1 Å². The predicted octanol–water partition coefficient (Wildman–Crippen LogP) is 3.12. The van der Waals surface area contributed by atoms with Gasteiger partial charge in [-0.15, -0.1) is 0 Å². The number of halogens is 1. The number of nitrogens with one attached hydrogen (secondary N) is 1. The van der Waals surface area contributed by atoms with Crippen molar-refractivity contribution in [2.75, 3.05) is 18.5 Å². The molecule has 2 rings (SSSR count). The van der Waals surface area contributed by atoms with E-state index in [-0.39, 0.29) is 24.8 Å². The molecule has 116 valence electrons. The van der Waals surface area contributed by atoms with Crippen molar-refractivity contribution in [3.05, 3.63) is 23.2 Å². The number of hydrogen-bond acceptors (Lipinski definition) is 3. The summed E-state index contributed by atoms with van der Waals surface area (Å²) < 4.78 is 5.55. The molecular weight excluding hydrogens is 292 g/mol. The number of benzene rings is 1. The number of amides is 2. The summed E-state index contributed by atoms with van der Waals surface area (Å²) in [6.45, 7) is 4.16. The van der Waals surface area contributed by atoms with Gasteiger partial charge in [0.1, 0.15) is 5.75 Å². The average Bonchev–Trinajstić information content (AvgIpc) is 3.23. The van der Waals surface area contributed by atoms with Gasteiger partial charge in [0, 0.05) is 18.3 Å². The first-order valence-electron chi connectivity index (χ1n) is 7.16. The molecule has 0 aliphatic heterocycles. The van der Waals surface area contributed by atoms with Crippen LogP contribution in [0.5, 0.6) is 5.75 Å². The van der Waals surface area contributed by atoms with E-state index in [0.29, 0.717) is 23.0 Å². The molecule has 5 nitrogen and oxygen atoms in total. The van der Waals surface area contributed by atoms with Crippen LogP contribution in [-0.2, 0) is 0 Å². The Morgan fingerprint density at radius 3 is 2.76 bits per heavy atom. The van der Waals surface area contributed by atoms with Crippen LogP contribution in [0.3, 0.4) is 0 Å². The zero-order valence-corrected chi connectivity index (χ0v) is 13.1. The van der Waals surface area contributed by atoms with Crippen LogP contribution >= 0.6 is 11.6 Å². The van der Waals surface area contributed by atoms with Gasteiger partial charge in [-0.3, -0.25) is 0 Å². The van der Waals surface area contributed by atoms with Gasteiger partial charge in [-0.2, -0.15) is 0 Å². The van der Waals surface area contributed by atoms with E-state index in [9.17, 15) is 4.79 Å². The van der Waals surface area contributed by atoms with Crippen molar-refractivity contribution >= 4 is 23.3 Å². The Balaban J connectivity index is 2.01. The zero-order chi connectivity index (χ0) is 15.4. The number of urea groups is 1. The maximum Gasteiger partial charge on any atom is 0.322 e. The summed E-state index contributed by atoms with van der Waals surface area (Å²) in [5.74, 6) is 0.596. The van der Waals surface area contributed by atoms with E-state index in [1.165, 1.54) is 0 Å². The van der Waals surface area contributed by atoms with Crippen LogP contribution in [0, 0.1) is 0 Å². The maximum atomic E-state index is 12.2. The number of anilines is 1. The van der Waals surface area contributed by atoms with E-state index in [0.717, 1.165) is 12.8 Å². The molecule has 0 radical (unpaired) electrons. The van der Waals surface area contributed by atoms with Crippen LogP contribution in [0.25, 0.3) is 0 Å². The van der Waals surface area contributed by atoms with Crippen LogP contribution in [-0.4, -0.2) is 41.3 Å². The number of aliphatic hydroxyl groups is 1. The van der Waals surface area contributed by atoms with Crippen molar-refractivity contribution < 1.29 is 14.6 Å².